The summed E-state index contributed by atoms with van der Waals surface area (Å²) in [6, 6.07) is 0. The third-order valence-electron chi connectivity index (χ3n) is 13.5. The predicted molar refractivity (Wildman–Crippen MR) is 155 cm³/mol. The van der Waals surface area contributed by atoms with Crippen LogP contribution >= 0.6 is 0 Å². The Labute approximate surface area is 242 Å². The zero-order chi connectivity index (χ0) is 28.7. The monoisotopic (exact) mass is 556 g/mol. The van der Waals surface area contributed by atoms with Gasteiger partial charge in [0.2, 0.25) is 0 Å². The lowest BCUT2D eigenvalue weighted by atomic mass is 9.52. The summed E-state index contributed by atoms with van der Waals surface area (Å²) < 4.78 is 12.2. The highest BCUT2D eigenvalue weighted by molar-refractivity contribution is 5.76. The smallest absolute Gasteiger partial charge is 0.312 e. The van der Waals surface area contributed by atoms with Crippen LogP contribution in [-0.2, 0) is 19.1 Å². The molecular weight excluding hydrogens is 500 g/mol. The van der Waals surface area contributed by atoms with Crippen molar-refractivity contribution in [1.29, 1.82) is 0 Å². The van der Waals surface area contributed by atoms with E-state index in [1.165, 1.54) is 38.5 Å². The van der Waals surface area contributed by atoms with Crippen molar-refractivity contribution in [2.24, 2.45) is 58.7 Å². The van der Waals surface area contributed by atoms with E-state index in [0.29, 0.717) is 24.2 Å². The molecule has 0 saturated heterocycles. The van der Waals surface area contributed by atoms with Gasteiger partial charge >= 0.3 is 11.9 Å². The molecule has 0 spiro atoms. The Balaban J connectivity index is 0.000000145. The lowest BCUT2D eigenvalue weighted by Gasteiger charge is -2.59. The van der Waals surface area contributed by atoms with Gasteiger partial charge in [0.25, 0.3) is 0 Å². The number of carbonyl (C=O) groups is 2. The fourth-order valence-corrected chi connectivity index (χ4v) is 11.5. The van der Waals surface area contributed by atoms with Crippen LogP contribution < -0.4 is 0 Å². The average Bonchev–Trinajstić information content (AvgIpc) is 3.66. The lowest BCUT2D eigenvalue weighted by molar-refractivity contribution is -0.225. The van der Waals surface area contributed by atoms with Gasteiger partial charge in [-0.25, -0.2) is 0 Å². The van der Waals surface area contributed by atoms with Gasteiger partial charge in [0.1, 0.15) is 11.2 Å². The molecule has 0 radical (unpaired) electrons. The van der Waals surface area contributed by atoms with Crippen molar-refractivity contribution in [3.63, 3.8) is 0 Å². The molecule has 10 unspecified atom stereocenters. The molecule has 5 heteroatoms. The van der Waals surface area contributed by atoms with E-state index in [1.54, 1.807) is 0 Å². The maximum Gasteiger partial charge on any atom is 0.312 e. The van der Waals surface area contributed by atoms with Crippen molar-refractivity contribution in [3.8, 4) is 0 Å². The summed E-state index contributed by atoms with van der Waals surface area (Å²) in [7, 11) is 0. The van der Waals surface area contributed by atoms with Gasteiger partial charge in [0, 0.05) is 12.3 Å². The minimum atomic E-state index is -0.555. The molecule has 40 heavy (non-hydrogen) atoms. The van der Waals surface area contributed by atoms with Crippen LogP contribution in [0.4, 0.5) is 0 Å². The Kier molecular flexibility index (Phi) is 7.24. The number of hydrogen-bond donors (Lipinski definition) is 1. The van der Waals surface area contributed by atoms with Gasteiger partial charge < -0.3 is 14.6 Å². The van der Waals surface area contributed by atoms with Crippen LogP contribution in [0.15, 0.2) is 0 Å². The fraction of sp³-hybridized carbons (Fsp3) is 0.943. The van der Waals surface area contributed by atoms with E-state index in [2.05, 4.69) is 13.8 Å². The van der Waals surface area contributed by atoms with E-state index in [4.69, 9.17) is 9.47 Å². The first-order valence-electron chi connectivity index (χ1n) is 17.0. The second-order valence-electron chi connectivity index (χ2n) is 16.4. The van der Waals surface area contributed by atoms with E-state index in [0.717, 1.165) is 74.5 Å². The Morgan fingerprint density at radius 2 is 1.52 bits per heavy atom. The van der Waals surface area contributed by atoms with Crippen molar-refractivity contribution < 1.29 is 24.2 Å². The van der Waals surface area contributed by atoms with Gasteiger partial charge in [0.05, 0.1) is 16.9 Å². The Bertz CT molecular complexity index is 988. The van der Waals surface area contributed by atoms with Crippen molar-refractivity contribution in [2.45, 2.75) is 148 Å². The zero-order valence-electron chi connectivity index (χ0n) is 26.2. The first-order chi connectivity index (χ1) is 18.9. The summed E-state index contributed by atoms with van der Waals surface area (Å²) in [5.74, 6) is 6.57. The van der Waals surface area contributed by atoms with E-state index < -0.39 is 11.0 Å². The highest BCUT2D eigenvalue weighted by Gasteiger charge is 2.68. The van der Waals surface area contributed by atoms with Crippen LogP contribution in [-0.4, -0.2) is 33.8 Å². The van der Waals surface area contributed by atoms with Gasteiger partial charge in [-0.15, -0.1) is 0 Å². The van der Waals surface area contributed by atoms with Crippen molar-refractivity contribution in [2.75, 3.05) is 0 Å². The topological polar surface area (TPSA) is 72.8 Å². The molecule has 8 aliphatic rings. The molecule has 5 nitrogen and oxygen atoms in total. The average molecular weight is 557 g/mol. The molecule has 0 aromatic carbocycles. The normalized spacial score (nSPS) is 48.0. The van der Waals surface area contributed by atoms with Crippen molar-refractivity contribution in [3.05, 3.63) is 0 Å². The van der Waals surface area contributed by atoms with Crippen LogP contribution in [0.25, 0.3) is 0 Å². The summed E-state index contributed by atoms with van der Waals surface area (Å²) in [6.07, 6.45) is 15.3. The molecule has 10 atom stereocenters. The molecule has 226 valence electrons. The third kappa shape index (κ3) is 4.67. The number of esters is 2. The first-order valence-corrected chi connectivity index (χ1v) is 17.0. The number of rotatable bonds is 7. The molecule has 8 saturated carbocycles. The van der Waals surface area contributed by atoms with Crippen molar-refractivity contribution in [1.82, 2.24) is 0 Å². The molecule has 8 fully saturated rings. The molecule has 0 aliphatic heterocycles. The molecule has 8 bridgehead atoms. The predicted octanol–water partition coefficient (Wildman–Crippen LogP) is 7.48. The second-order valence-corrected chi connectivity index (χ2v) is 16.4. The first kappa shape index (κ1) is 29.0. The Morgan fingerprint density at radius 3 is 2.10 bits per heavy atom. The quantitative estimate of drug-likeness (QED) is 0.260. The SMILES string of the molecule is CCC(C)(C)C(=O)OC12CC3CC(CC(O)(C3)C1)C2.CCC(C)C(=O)OC1(CC)CC2CC1C1C3CCC(C3)C21. The lowest BCUT2D eigenvalue weighted by Crippen LogP contribution is -2.61. The molecule has 0 amide bonds. The molecule has 0 aromatic heterocycles. The third-order valence-corrected chi connectivity index (χ3v) is 13.5. The zero-order valence-corrected chi connectivity index (χ0v) is 26.2. The summed E-state index contributed by atoms with van der Waals surface area (Å²) in [5, 5.41) is 10.6. The minimum Gasteiger partial charge on any atom is -0.459 e. The van der Waals surface area contributed by atoms with Crippen LogP contribution in [0, 0.1) is 58.7 Å². The second kappa shape index (κ2) is 9.98. The highest BCUT2D eigenvalue weighted by Crippen LogP contribution is 2.71. The van der Waals surface area contributed by atoms with Gasteiger partial charge in [-0.2, -0.15) is 0 Å². The van der Waals surface area contributed by atoms with Crippen LogP contribution in [0.1, 0.15) is 131 Å². The van der Waals surface area contributed by atoms with E-state index >= 15 is 0 Å². The fourth-order valence-electron chi connectivity index (χ4n) is 11.5. The molecule has 1 N–H and O–H groups in total. The minimum absolute atomic E-state index is 0.0587. The van der Waals surface area contributed by atoms with Gasteiger partial charge in [-0.1, -0.05) is 27.7 Å². The van der Waals surface area contributed by atoms with E-state index in [-0.39, 0.29) is 29.1 Å². The molecule has 8 aliphatic carbocycles. The summed E-state index contributed by atoms with van der Waals surface area (Å²) in [4.78, 5) is 24.8. The molecule has 8 rings (SSSR count). The van der Waals surface area contributed by atoms with Gasteiger partial charge in [-0.05, 0) is 139 Å². The maximum atomic E-state index is 12.4. The number of aliphatic hydroxyl groups is 1. The summed E-state index contributed by atoms with van der Waals surface area (Å²) >= 11 is 0. The maximum absolute atomic E-state index is 12.4. The van der Waals surface area contributed by atoms with Crippen LogP contribution in [0.3, 0.4) is 0 Å². The molecule has 0 heterocycles. The van der Waals surface area contributed by atoms with Crippen molar-refractivity contribution >= 4 is 11.9 Å². The number of hydrogen-bond acceptors (Lipinski definition) is 5. The molecule has 0 aromatic rings. The number of carbonyl (C=O) groups excluding carboxylic acids is 2. The largest absolute Gasteiger partial charge is 0.459 e. The Morgan fingerprint density at radius 1 is 0.875 bits per heavy atom. The summed E-state index contributed by atoms with van der Waals surface area (Å²) in [6.45, 7) is 12.3. The number of ether oxygens (including phenoxy) is 2. The molecular formula is C35H56O5. The van der Waals surface area contributed by atoms with E-state index in [1.807, 2.05) is 27.7 Å². The summed E-state index contributed by atoms with van der Waals surface area (Å²) in [5.41, 5.74) is -1.42. The Hall–Kier alpha value is -1.10. The number of fused-ring (bicyclic) bond motifs is 9. The van der Waals surface area contributed by atoms with Gasteiger partial charge in [-0.3, -0.25) is 9.59 Å². The van der Waals surface area contributed by atoms with Gasteiger partial charge in [0.15, 0.2) is 0 Å². The van der Waals surface area contributed by atoms with E-state index in [9.17, 15) is 14.7 Å². The standard InChI is InChI=1S/C19H30O2.C16H26O3/c1-4-11(3)18(20)21-19(5-2)10-14-9-15(19)17-13-7-6-12(8-13)16(14)17;1-4-14(2,3)13(17)19-16-8-11-5-12(9-16)7-15(18,6-11)10-16/h11-17H,4-10H2,1-3H3;11-12,18H,4-10H2,1-3H3. The highest BCUT2D eigenvalue weighted by atomic mass is 16.6. The van der Waals surface area contributed by atoms with Crippen LogP contribution in [0.2, 0.25) is 0 Å². The van der Waals surface area contributed by atoms with Crippen LogP contribution in [0.5, 0.6) is 0 Å².